The first-order valence-electron chi connectivity index (χ1n) is 17.2. The topological polar surface area (TPSA) is 94.8 Å². The number of nitrogens with zero attached hydrogens (tertiary/aromatic N) is 1. The lowest BCUT2D eigenvalue weighted by molar-refractivity contribution is -0.117. The maximum Gasteiger partial charge on any atom is 0.336 e. The van der Waals surface area contributed by atoms with Crippen molar-refractivity contribution in [2.75, 3.05) is 0 Å². The Labute approximate surface area is 315 Å². The Morgan fingerprint density at radius 2 is 1.15 bits per heavy atom. The van der Waals surface area contributed by atoms with Gasteiger partial charge in [-0.15, -0.1) is 0 Å². The van der Waals surface area contributed by atoms with Crippen LogP contribution in [0, 0.1) is 37.1 Å². The van der Waals surface area contributed by atoms with E-state index >= 15 is 0 Å². The van der Waals surface area contributed by atoms with Gasteiger partial charge in [-0.1, -0.05) is 30.3 Å². The number of carboxylic acids is 1. The number of rotatable bonds is 13. The average Bonchev–Trinajstić information content (AvgIpc) is 3.55. The predicted molar refractivity (Wildman–Crippen MR) is 200 cm³/mol. The fraction of sp³-hybridized carbons (Fsp3) is 0.159. The molecule has 0 radical (unpaired) electrons. The van der Waals surface area contributed by atoms with E-state index in [0.29, 0.717) is 28.3 Å². The second-order valence-corrected chi connectivity index (χ2v) is 12.7. The molecule has 55 heavy (non-hydrogen) atoms. The molecule has 0 fully saturated rings. The zero-order valence-electron chi connectivity index (χ0n) is 30.2. The minimum absolute atomic E-state index is 0.00565. The number of hydrogen-bond acceptors (Lipinski definition) is 5. The van der Waals surface area contributed by atoms with Gasteiger partial charge in [-0.2, -0.15) is 0 Å². The minimum atomic E-state index is -1.01. The van der Waals surface area contributed by atoms with Crippen molar-refractivity contribution in [2.45, 2.75) is 46.8 Å². The van der Waals surface area contributed by atoms with Crippen LogP contribution in [-0.2, 0) is 18.0 Å². The zero-order valence-corrected chi connectivity index (χ0v) is 30.2. The van der Waals surface area contributed by atoms with E-state index < -0.39 is 17.6 Å². The molecule has 11 heteroatoms. The molecule has 1 aromatic heterocycles. The molecule has 0 spiro atoms. The van der Waals surface area contributed by atoms with Crippen LogP contribution in [0.3, 0.4) is 0 Å². The monoisotopic (exact) mass is 751 g/mol. The largest absolute Gasteiger partial charge is 0.488 e. The zero-order chi connectivity index (χ0) is 39.6. The molecule has 5 aromatic carbocycles. The van der Waals surface area contributed by atoms with Crippen LogP contribution in [0.15, 0.2) is 115 Å². The van der Waals surface area contributed by atoms with E-state index in [4.69, 9.17) is 9.47 Å². The Kier molecular flexibility index (Phi) is 13.0. The Morgan fingerprint density at radius 3 is 1.73 bits per heavy atom. The van der Waals surface area contributed by atoms with Gasteiger partial charge in [-0.25, -0.2) is 22.4 Å². The highest BCUT2D eigenvalue weighted by Crippen LogP contribution is 2.35. The Morgan fingerprint density at radius 1 is 0.600 bits per heavy atom. The third-order valence-corrected chi connectivity index (χ3v) is 8.56. The minimum Gasteiger partial charge on any atom is -0.488 e. The lowest BCUT2D eigenvalue weighted by atomic mass is 10.0. The van der Waals surface area contributed by atoms with E-state index in [0.717, 1.165) is 22.9 Å². The molecule has 0 saturated heterocycles. The standard InChI is InChI=1S/C26H21F2NO3.C18H16F2O3/c1-16-3-10-21(14-22(16)26(30)31)29-17(2)4-11-24(29)23-13-20(28)9-12-25(23)32-15-18-5-7-19(27)8-6-18;1-12(21)2-8-17(22)16-10-15(20)7-9-18(16)23-11-13-3-5-14(19)6-4-13/h3-14H,15H2,1-2H3,(H,30,31);3-7,9-10H,2,8,11H2,1H3. The summed E-state index contributed by atoms with van der Waals surface area (Å²) in [5, 5.41) is 9.52. The van der Waals surface area contributed by atoms with Gasteiger partial charge < -0.3 is 23.9 Å². The van der Waals surface area contributed by atoms with Crippen molar-refractivity contribution in [3.63, 3.8) is 0 Å². The normalized spacial score (nSPS) is 10.7. The molecule has 0 saturated carbocycles. The highest BCUT2D eigenvalue weighted by molar-refractivity contribution is 6.00. The summed E-state index contributed by atoms with van der Waals surface area (Å²) in [5.41, 5.74) is 5.15. The number of aromatic carboxylic acids is 1. The van der Waals surface area contributed by atoms with Gasteiger partial charge in [0.1, 0.15) is 53.8 Å². The highest BCUT2D eigenvalue weighted by atomic mass is 19.1. The van der Waals surface area contributed by atoms with Crippen molar-refractivity contribution in [1.29, 1.82) is 0 Å². The number of carboxylic acid groups (broad SMARTS) is 1. The summed E-state index contributed by atoms with van der Waals surface area (Å²) in [6.07, 6.45) is 0.110. The Bertz CT molecular complexity index is 2320. The van der Waals surface area contributed by atoms with Gasteiger partial charge >= 0.3 is 5.97 Å². The molecular weight excluding hydrogens is 714 g/mol. The number of benzene rings is 5. The van der Waals surface area contributed by atoms with Gasteiger partial charge in [0.05, 0.1) is 16.8 Å². The summed E-state index contributed by atoms with van der Waals surface area (Å²) in [7, 11) is 0. The number of ketones is 2. The summed E-state index contributed by atoms with van der Waals surface area (Å²) >= 11 is 0. The molecule has 0 bridgehead atoms. The maximum absolute atomic E-state index is 14.2. The van der Waals surface area contributed by atoms with E-state index in [1.807, 2.05) is 29.7 Å². The Balaban J connectivity index is 0.000000223. The maximum atomic E-state index is 14.2. The smallest absolute Gasteiger partial charge is 0.336 e. The van der Waals surface area contributed by atoms with Gasteiger partial charge in [0.15, 0.2) is 5.78 Å². The number of aryl methyl sites for hydroxylation is 2. The number of Topliss-reactive ketones (excluding diaryl/α,β-unsaturated/α-hetero) is 2. The predicted octanol–water partition coefficient (Wildman–Crippen LogP) is 10.4. The molecule has 0 atom stereocenters. The van der Waals surface area contributed by atoms with Crippen LogP contribution in [0.4, 0.5) is 17.6 Å². The number of ether oxygens (including phenoxy) is 2. The molecule has 0 aliphatic rings. The fourth-order valence-electron chi connectivity index (χ4n) is 5.65. The molecule has 0 aliphatic carbocycles. The quantitative estimate of drug-likeness (QED) is 0.0933. The van der Waals surface area contributed by atoms with Crippen LogP contribution >= 0.6 is 0 Å². The molecule has 1 heterocycles. The second-order valence-electron chi connectivity index (χ2n) is 12.7. The molecule has 7 nitrogen and oxygen atoms in total. The van der Waals surface area contributed by atoms with E-state index in [-0.39, 0.29) is 66.1 Å². The lowest BCUT2D eigenvalue weighted by Crippen LogP contribution is -2.06. The fourth-order valence-corrected chi connectivity index (χ4v) is 5.65. The van der Waals surface area contributed by atoms with Gasteiger partial charge in [0.25, 0.3) is 0 Å². The van der Waals surface area contributed by atoms with Gasteiger partial charge in [0, 0.05) is 29.8 Å². The molecule has 6 rings (SSSR count). The average molecular weight is 752 g/mol. The van der Waals surface area contributed by atoms with Crippen molar-refractivity contribution < 1.29 is 46.5 Å². The number of carbonyl (C=O) groups is 3. The van der Waals surface area contributed by atoms with Crippen molar-refractivity contribution in [1.82, 2.24) is 4.57 Å². The third kappa shape index (κ3) is 10.6. The lowest BCUT2D eigenvalue weighted by Gasteiger charge is -2.17. The van der Waals surface area contributed by atoms with E-state index in [9.17, 15) is 37.1 Å². The van der Waals surface area contributed by atoms with Crippen molar-refractivity contribution in [3.05, 3.63) is 172 Å². The number of halogens is 4. The molecule has 0 aliphatic heterocycles. The van der Waals surface area contributed by atoms with E-state index in [2.05, 4.69) is 0 Å². The molecular formula is C44H37F4NO6. The van der Waals surface area contributed by atoms with Crippen molar-refractivity contribution >= 4 is 17.5 Å². The van der Waals surface area contributed by atoms with Crippen LogP contribution < -0.4 is 9.47 Å². The second kappa shape index (κ2) is 18.0. The van der Waals surface area contributed by atoms with E-state index in [1.54, 1.807) is 49.4 Å². The summed E-state index contributed by atoms with van der Waals surface area (Å²) in [6.45, 7) is 5.34. The summed E-state index contributed by atoms with van der Waals surface area (Å²) in [6, 6.07) is 28.6. The SMILES string of the molecule is CC(=O)CCC(=O)c1cc(F)ccc1OCc1ccc(F)cc1.Cc1ccc(-n2c(C)ccc2-c2cc(F)ccc2OCc2ccc(F)cc2)cc1C(=O)O. The summed E-state index contributed by atoms with van der Waals surface area (Å²) in [5.74, 6) is -2.42. The highest BCUT2D eigenvalue weighted by Gasteiger charge is 2.18. The Hall–Kier alpha value is -6.49. The first-order chi connectivity index (χ1) is 26.3. The first kappa shape index (κ1) is 39.7. The van der Waals surface area contributed by atoms with Crippen LogP contribution in [-0.4, -0.2) is 27.2 Å². The van der Waals surface area contributed by atoms with Gasteiger partial charge in [0.2, 0.25) is 0 Å². The third-order valence-electron chi connectivity index (χ3n) is 8.56. The van der Waals surface area contributed by atoms with Gasteiger partial charge in [-0.05, 0) is 122 Å². The van der Waals surface area contributed by atoms with E-state index in [1.165, 1.54) is 55.5 Å². The van der Waals surface area contributed by atoms with Crippen molar-refractivity contribution in [3.8, 4) is 28.4 Å². The van der Waals surface area contributed by atoms with Gasteiger partial charge in [-0.3, -0.25) is 4.79 Å². The van der Waals surface area contributed by atoms with Crippen LogP contribution in [0.1, 0.15) is 62.9 Å². The number of carbonyl (C=O) groups excluding carboxylic acids is 2. The molecule has 282 valence electrons. The molecule has 0 amide bonds. The van der Waals surface area contributed by atoms with Crippen molar-refractivity contribution in [2.24, 2.45) is 0 Å². The molecule has 1 N–H and O–H groups in total. The number of hydrogen-bond donors (Lipinski definition) is 1. The number of aromatic nitrogens is 1. The van der Waals surface area contributed by atoms with Crippen LogP contribution in [0.5, 0.6) is 11.5 Å². The summed E-state index contributed by atoms with van der Waals surface area (Å²) < 4.78 is 67.0. The first-order valence-corrected chi connectivity index (χ1v) is 17.2. The van der Waals surface area contributed by atoms with Crippen LogP contribution in [0.25, 0.3) is 16.9 Å². The summed E-state index contributed by atoms with van der Waals surface area (Å²) in [4.78, 5) is 34.7. The van der Waals surface area contributed by atoms with Crippen LogP contribution in [0.2, 0.25) is 0 Å². The molecule has 0 unspecified atom stereocenters. The molecule has 6 aromatic rings.